The van der Waals surface area contributed by atoms with Crippen LogP contribution < -0.4 is 5.32 Å². The van der Waals surface area contributed by atoms with E-state index in [1.807, 2.05) is 54.6 Å². The Morgan fingerprint density at radius 3 is 2.48 bits per heavy atom. The van der Waals surface area contributed by atoms with Gasteiger partial charge in [0.05, 0.1) is 5.56 Å². The highest BCUT2D eigenvalue weighted by atomic mass is 32.2. The topological polar surface area (TPSA) is 66.4 Å². The lowest BCUT2D eigenvalue weighted by Gasteiger charge is -2.21. The van der Waals surface area contributed by atoms with Crippen molar-refractivity contribution in [3.8, 4) is 0 Å². The Bertz CT molecular complexity index is 1350. The molecule has 1 aliphatic heterocycles. The second kappa shape index (κ2) is 7.93. The van der Waals surface area contributed by atoms with Gasteiger partial charge >= 0.3 is 5.97 Å². The SMILES string of the molecule is O=C(NCc1c(C(=O)O)ccc2ccccc12)c1cccc2c1Cc1ccccc1S2. The normalized spacial score (nSPS) is 12.1. The molecule has 1 heterocycles. The van der Waals surface area contributed by atoms with Gasteiger partial charge in [-0.2, -0.15) is 0 Å². The lowest BCUT2D eigenvalue weighted by Crippen LogP contribution is -2.25. The van der Waals surface area contributed by atoms with E-state index in [0.717, 1.165) is 21.2 Å². The summed E-state index contributed by atoms with van der Waals surface area (Å²) in [5.41, 5.74) is 3.68. The molecular weight excluding hydrogens is 406 g/mol. The largest absolute Gasteiger partial charge is 0.478 e. The summed E-state index contributed by atoms with van der Waals surface area (Å²) in [5.74, 6) is -1.19. The maximum Gasteiger partial charge on any atom is 0.336 e. The van der Waals surface area contributed by atoms with Gasteiger partial charge in [0.2, 0.25) is 0 Å². The summed E-state index contributed by atoms with van der Waals surface area (Å²) < 4.78 is 0. The molecule has 0 saturated heterocycles. The van der Waals surface area contributed by atoms with Crippen LogP contribution in [0.15, 0.2) is 88.7 Å². The monoisotopic (exact) mass is 425 g/mol. The molecule has 5 heteroatoms. The zero-order chi connectivity index (χ0) is 21.4. The molecule has 4 nitrogen and oxygen atoms in total. The van der Waals surface area contributed by atoms with E-state index in [2.05, 4.69) is 17.4 Å². The Morgan fingerprint density at radius 1 is 0.839 bits per heavy atom. The molecule has 0 radical (unpaired) electrons. The van der Waals surface area contributed by atoms with E-state index in [0.29, 0.717) is 17.5 Å². The zero-order valence-electron chi connectivity index (χ0n) is 16.6. The third-order valence-electron chi connectivity index (χ3n) is 5.63. The smallest absolute Gasteiger partial charge is 0.336 e. The van der Waals surface area contributed by atoms with E-state index in [9.17, 15) is 14.7 Å². The number of carboxylic acids is 1. The quantitative estimate of drug-likeness (QED) is 0.398. The summed E-state index contributed by atoms with van der Waals surface area (Å²) in [7, 11) is 0. The highest BCUT2D eigenvalue weighted by Gasteiger charge is 2.22. The maximum absolute atomic E-state index is 13.2. The average Bonchev–Trinajstić information content (AvgIpc) is 2.80. The van der Waals surface area contributed by atoms with Crippen molar-refractivity contribution in [1.82, 2.24) is 5.32 Å². The number of carbonyl (C=O) groups excluding carboxylic acids is 1. The van der Waals surface area contributed by atoms with Gasteiger partial charge < -0.3 is 10.4 Å². The van der Waals surface area contributed by atoms with Crippen molar-refractivity contribution >= 4 is 34.4 Å². The molecule has 152 valence electrons. The molecule has 0 spiro atoms. The number of carboxylic acid groups (broad SMARTS) is 1. The molecule has 0 aliphatic carbocycles. The van der Waals surface area contributed by atoms with E-state index < -0.39 is 5.97 Å². The van der Waals surface area contributed by atoms with Crippen molar-refractivity contribution in [3.05, 3.63) is 107 Å². The Balaban J connectivity index is 1.46. The summed E-state index contributed by atoms with van der Waals surface area (Å²) >= 11 is 1.68. The average molecular weight is 426 g/mol. The molecule has 0 aromatic heterocycles. The Morgan fingerprint density at radius 2 is 1.61 bits per heavy atom. The molecule has 0 unspecified atom stereocenters. The molecule has 0 fully saturated rings. The van der Waals surface area contributed by atoms with E-state index in [1.165, 1.54) is 10.5 Å². The predicted molar refractivity (Wildman–Crippen MR) is 122 cm³/mol. The fourth-order valence-electron chi connectivity index (χ4n) is 4.11. The van der Waals surface area contributed by atoms with E-state index >= 15 is 0 Å². The summed E-state index contributed by atoms with van der Waals surface area (Å²) in [4.78, 5) is 27.2. The molecule has 1 aliphatic rings. The predicted octanol–water partition coefficient (Wildman–Crippen LogP) is 5.52. The van der Waals surface area contributed by atoms with Crippen molar-refractivity contribution in [1.29, 1.82) is 0 Å². The third kappa shape index (κ3) is 3.57. The molecule has 0 atom stereocenters. The van der Waals surface area contributed by atoms with Gasteiger partial charge in [-0.25, -0.2) is 4.79 Å². The number of fused-ring (bicyclic) bond motifs is 3. The summed E-state index contributed by atoms with van der Waals surface area (Å²) in [6, 6.07) is 25.0. The number of hydrogen-bond donors (Lipinski definition) is 2. The lowest BCUT2D eigenvalue weighted by molar-refractivity contribution is 0.0694. The fraction of sp³-hybridized carbons (Fsp3) is 0.0769. The summed E-state index contributed by atoms with van der Waals surface area (Å²) in [6.07, 6.45) is 0.705. The van der Waals surface area contributed by atoms with E-state index in [4.69, 9.17) is 0 Å². The van der Waals surface area contributed by atoms with Gasteiger partial charge in [0, 0.05) is 28.3 Å². The first kappa shape index (κ1) is 19.4. The van der Waals surface area contributed by atoms with Crippen LogP contribution in [-0.4, -0.2) is 17.0 Å². The van der Waals surface area contributed by atoms with Crippen molar-refractivity contribution in [3.63, 3.8) is 0 Å². The number of hydrogen-bond acceptors (Lipinski definition) is 3. The number of rotatable bonds is 4. The molecule has 31 heavy (non-hydrogen) atoms. The maximum atomic E-state index is 13.2. The molecule has 4 aromatic carbocycles. The van der Waals surface area contributed by atoms with Crippen LogP contribution in [0, 0.1) is 0 Å². The minimum Gasteiger partial charge on any atom is -0.478 e. The molecule has 1 amide bonds. The minimum absolute atomic E-state index is 0.148. The van der Waals surface area contributed by atoms with E-state index in [-0.39, 0.29) is 18.0 Å². The van der Waals surface area contributed by atoms with Crippen molar-refractivity contribution < 1.29 is 14.7 Å². The van der Waals surface area contributed by atoms with Gasteiger partial charge in [-0.05, 0) is 51.7 Å². The molecular formula is C26H19NO3S. The van der Waals surface area contributed by atoms with E-state index in [1.54, 1.807) is 23.9 Å². The first-order chi connectivity index (χ1) is 15.1. The van der Waals surface area contributed by atoms with Gasteiger partial charge in [0.25, 0.3) is 5.91 Å². The number of aromatic carboxylic acids is 1. The minimum atomic E-state index is -1.000. The van der Waals surface area contributed by atoms with Crippen molar-refractivity contribution in [2.24, 2.45) is 0 Å². The van der Waals surface area contributed by atoms with Crippen LogP contribution in [0.4, 0.5) is 0 Å². The van der Waals surface area contributed by atoms with Crippen LogP contribution in [0.1, 0.15) is 37.4 Å². The fourth-order valence-corrected chi connectivity index (χ4v) is 5.21. The first-order valence-electron chi connectivity index (χ1n) is 10.0. The van der Waals surface area contributed by atoms with Gasteiger partial charge in [0.1, 0.15) is 0 Å². The van der Waals surface area contributed by atoms with Gasteiger partial charge in [0.15, 0.2) is 0 Å². The van der Waals surface area contributed by atoms with Crippen LogP contribution in [0.2, 0.25) is 0 Å². The van der Waals surface area contributed by atoms with Crippen molar-refractivity contribution in [2.45, 2.75) is 22.8 Å². The van der Waals surface area contributed by atoms with Gasteiger partial charge in [-0.15, -0.1) is 0 Å². The molecule has 5 rings (SSSR count). The molecule has 0 saturated carbocycles. The molecule has 0 bridgehead atoms. The van der Waals surface area contributed by atoms with Crippen LogP contribution in [-0.2, 0) is 13.0 Å². The highest BCUT2D eigenvalue weighted by Crippen LogP contribution is 2.40. The highest BCUT2D eigenvalue weighted by molar-refractivity contribution is 7.99. The second-order valence-electron chi connectivity index (χ2n) is 7.47. The molecule has 4 aromatic rings. The standard InChI is InChI=1S/C26H19NO3S/c28-25(19-9-5-11-24-21(19)14-17-7-2-4-10-23(17)31-24)27-15-22-18-8-3-1-6-16(18)12-13-20(22)26(29)30/h1-13H,14-15H2,(H,27,28)(H,29,30). The van der Waals surface area contributed by atoms with Crippen molar-refractivity contribution in [2.75, 3.05) is 0 Å². The molecule has 2 N–H and O–H groups in total. The second-order valence-corrected chi connectivity index (χ2v) is 8.55. The first-order valence-corrected chi connectivity index (χ1v) is 10.8. The lowest BCUT2D eigenvalue weighted by atomic mass is 9.97. The summed E-state index contributed by atoms with van der Waals surface area (Å²) in [6.45, 7) is 0.148. The van der Waals surface area contributed by atoms with Crippen LogP contribution in [0.3, 0.4) is 0 Å². The Hall–Kier alpha value is -3.57. The van der Waals surface area contributed by atoms with Crippen LogP contribution in [0.5, 0.6) is 0 Å². The third-order valence-corrected chi connectivity index (χ3v) is 6.85. The Kier molecular flexibility index (Phi) is 4.96. The number of carbonyl (C=O) groups is 2. The zero-order valence-corrected chi connectivity index (χ0v) is 17.4. The van der Waals surface area contributed by atoms with Gasteiger partial charge in [-0.3, -0.25) is 4.79 Å². The van der Waals surface area contributed by atoms with Crippen LogP contribution in [0.25, 0.3) is 10.8 Å². The van der Waals surface area contributed by atoms with Gasteiger partial charge in [-0.1, -0.05) is 66.4 Å². The Labute approximate surface area is 183 Å². The number of benzene rings is 4. The van der Waals surface area contributed by atoms with Crippen LogP contribution >= 0.6 is 11.8 Å². The summed E-state index contributed by atoms with van der Waals surface area (Å²) in [5, 5.41) is 14.4. The number of amides is 1. The number of nitrogens with one attached hydrogen (secondary N) is 1.